The van der Waals surface area contributed by atoms with E-state index in [1.165, 1.54) is 0 Å². The quantitative estimate of drug-likeness (QED) is 0.705. The number of hydrogen-bond donors (Lipinski definition) is 2. The Morgan fingerprint density at radius 2 is 2.00 bits per heavy atom. The van der Waals surface area contributed by atoms with Gasteiger partial charge in [0.2, 0.25) is 0 Å². The van der Waals surface area contributed by atoms with Crippen LogP contribution < -0.4 is 5.48 Å². The predicted octanol–water partition coefficient (Wildman–Crippen LogP) is 1.33. The van der Waals surface area contributed by atoms with Gasteiger partial charge in [0, 0.05) is 6.54 Å². The summed E-state index contributed by atoms with van der Waals surface area (Å²) in [4.78, 5) is 18.8. The Labute approximate surface area is 120 Å². The molecule has 2 N–H and O–H groups in total. The molecular formula is C15H24N2O3. The third kappa shape index (κ3) is 7.23. The largest absolute Gasteiger partial charge is 0.389 e. The number of amides is 1. The molecule has 0 saturated carbocycles. The highest BCUT2D eigenvalue weighted by Crippen LogP contribution is 2.04. The Hall–Kier alpha value is -1.43. The molecule has 5 heteroatoms. The fourth-order valence-electron chi connectivity index (χ4n) is 1.84. The molecular weight excluding hydrogens is 256 g/mol. The minimum absolute atomic E-state index is 0.204. The standard InChI is InChI=1S/C15H24N2O3/c1-4-17(12-15(2,3)19)10-14(18)16-20-11-13-8-6-5-7-9-13/h5-9,19H,4,10-12H2,1-3H3,(H,16,18). The summed E-state index contributed by atoms with van der Waals surface area (Å²) in [5.41, 5.74) is 2.60. The molecule has 20 heavy (non-hydrogen) atoms. The van der Waals surface area contributed by atoms with Gasteiger partial charge in [-0.05, 0) is 26.0 Å². The lowest BCUT2D eigenvalue weighted by Crippen LogP contribution is -2.44. The van der Waals surface area contributed by atoms with Crippen LogP contribution in [0.4, 0.5) is 0 Å². The van der Waals surface area contributed by atoms with E-state index in [4.69, 9.17) is 4.84 Å². The Morgan fingerprint density at radius 3 is 2.55 bits per heavy atom. The number of carbonyl (C=O) groups excluding carboxylic acids is 1. The Kier molecular flexibility index (Phi) is 6.64. The summed E-state index contributed by atoms with van der Waals surface area (Å²) in [6.45, 7) is 7.06. The van der Waals surface area contributed by atoms with E-state index in [1.807, 2.05) is 42.2 Å². The highest BCUT2D eigenvalue weighted by molar-refractivity contribution is 5.76. The second kappa shape index (κ2) is 7.99. The van der Waals surface area contributed by atoms with Crippen molar-refractivity contribution in [1.82, 2.24) is 10.4 Å². The van der Waals surface area contributed by atoms with E-state index in [1.54, 1.807) is 13.8 Å². The molecule has 0 aliphatic heterocycles. The van der Waals surface area contributed by atoms with Crippen molar-refractivity contribution in [2.24, 2.45) is 0 Å². The molecule has 1 aromatic carbocycles. The summed E-state index contributed by atoms with van der Waals surface area (Å²) < 4.78 is 0. The van der Waals surface area contributed by atoms with Crippen molar-refractivity contribution in [3.05, 3.63) is 35.9 Å². The van der Waals surface area contributed by atoms with Gasteiger partial charge in [-0.2, -0.15) is 0 Å². The van der Waals surface area contributed by atoms with Crippen LogP contribution in [0, 0.1) is 0 Å². The molecule has 5 nitrogen and oxygen atoms in total. The molecule has 0 atom stereocenters. The molecule has 1 rings (SSSR count). The lowest BCUT2D eigenvalue weighted by atomic mass is 10.1. The van der Waals surface area contributed by atoms with Gasteiger partial charge in [0.15, 0.2) is 0 Å². The summed E-state index contributed by atoms with van der Waals surface area (Å²) in [5, 5.41) is 9.75. The molecule has 0 aliphatic carbocycles. The fourth-order valence-corrected chi connectivity index (χ4v) is 1.84. The molecule has 0 radical (unpaired) electrons. The number of likely N-dealkylation sites (N-methyl/N-ethyl adjacent to an activating group) is 1. The number of benzene rings is 1. The van der Waals surface area contributed by atoms with Gasteiger partial charge < -0.3 is 5.11 Å². The fraction of sp³-hybridized carbons (Fsp3) is 0.533. The number of aliphatic hydroxyl groups is 1. The first-order valence-corrected chi connectivity index (χ1v) is 6.80. The van der Waals surface area contributed by atoms with Crippen LogP contribution in [-0.4, -0.2) is 41.1 Å². The van der Waals surface area contributed by atoms with Gasteiger partial charge in [-0.3, -0.25) is 14.5 Å². The van der Waals surface area contributed by atoms with Crippen LogP contribution in [0.3, 0.4) is 0 Å². The number of hydroxylamine groups is 1. The Morgan fingerprint density at radius 1 is 1.35 bits per heavy atom. The zero-order valence-electron chi connectivity index (χ0n) is 12.4. The monoisotopic (exact) mass is 280 g/mol. The van der Waals surface area contributed by atoms with Gasteiger partial charge in [-0.1, -0.05) is 37.3 Å². The van der Waals surface area contributed by atoms with Crippen LogP contribution in [0.25, 0.3) is 0 Å². The first kappa shape index (κ1) is 16.6. The molecule has 0 saturated heterocycles. The summed E-state index contributed by atoms with van der Waals surface area (Å²) in [5.74, 6) is -0.216. The molecule has 112 valence electrons. The van der Waals surface area contributed by atoms with Crippen LogP contribution in [0.1, 0.15) is 26.3 Å². The number of rotatable bonds is 8. The van der Waals surface area contributed by atoms with Crippen LogP contribution in [0.5, 0.6) is 0 Å². The van der Waals surface area contributed by atoms with Crippen molar-refractivity contribution >= 4 is 5.91 Å². The first-order chi connectivity index (χ1) is 9.40. The van der Waals surface area contributed by atoms with E-state index in [0.717, 1.165) is 5.56 Å². The van der Waals surface area contributed by atoms with Gasteiger partial charge in [0.1, 0.15) is 0 Å². The Bertz CT molecular complexity index is 401. The summed E-state index contributed by atoms with van der Waals surface area (Å²) in [6, 6.07) is 9.63. The van der Waals surface area contributed by atoms with E-state index in [-0.39, 0.29) is 12.5 Å². The van der Waals surface area contributed by atoms with E-state index in [2.05, 4.69) is 5.48 Å². The maximum absolute atomic E-state index is 11.7. The first-order valence-electron chi connectivity index (χ1n) is 6.80. The van der Waals surface area contributed by atoms with Crippen molar-refractivity contribution in [3.8, 4) is 0 Å². The second-order valence-corrected chi connectivity index (χ2v) is 5.42. The van der Waals surface area contributed by atoms with Crippen LogP contribution in [0.15, 0.2) is 30.3 Å². The number of hydrogen-bond acceptors (Lipinski definition) is 4. The summed E-state index contributed by atoms with van der Waals surface area (Å²) in [7, 11) is 0. The number of carbonyl (C=O) groups is 1. The van der Waals surface area contributed by atoms with Gasteiger partial charge in [0.25, 0.3) is 5.91 Å². The van der Waals surface area contributed by atoms with Gasteiger partial charge in [-0.25, -0.2) is 5.48 Å². The molecule has 0 unspecified atom stereocenters. The molecule has 0 bridgehead atoms. The minimum atomic E-state index is -0.818. The molecule has 1 aromatic rings. The lowest BCUT2D eigenvalue weighted by Gasteiger charge is -2.27. The van der Waals surface area contributed by atoms with Crippen molar-refractivity contribution < 1.29 is 14.7 Å². The average Bonchev–Trinajstić information content (AvgIpc) is 2.37. The molecule has 0 aliphatic rings. The predicted molar refractivity (Wildman–Crippen MR) is 77.8 cm³/mol. The van der Waals surface area contributed by atoms with E-state index < -0.39 is 5.60 Å². The SMILES string of the molecule is CCN(CC(=O)NOCc1ccccc1)CC(C)(C)O. The third-order valence-corrected chi connectivity index (χ3v) is 2.69. The summed E-state index contributed by atoms with van der Waals surface area (Å²) in [6.07, 6.45) is 0. The molecule has 0 spiro atoms. The summed E-state index contributed by atoms with van der Waals surface area (Å²) >= 11 is 0. The second-order valence-electron chi connectivity index (χ2n) is 5.42. The maximum atomic E-state index is 11.7. The van der Waals surface area contributed by atoms with Gasteiger partial charge in [-0.15, -0.1) is 0 Å². The van der Waals surface area contributed by atoms with Gasteiger partial charge in [0.05, 0.1) is 18.8 Å². The zero-order valence-corrected chi connectivity index (χ0v) is 12.4. The topological polar surface area (TPSA) is 61.8 Å². The van der Waals surface area contributed by atoms with Crippen molar-refractivity contribution in [1.29, 1.82) is 0 Å². The van der Waals surface area contributed by atoms with Crippen molar-refractivity contribution in [2.75, 3.05) is 19.6 Å². The Balaban J connectivity index is 2.28. The van der Waals surface area contributed by atoms with Crippen molar-refractivity contribution in [2.45, 2.75) is 33.0 Å². The minimum Gasteiger partial charge on any atom is -0.389 e. The van der Waals surface area contributed by atoms with Crippen LogP contribution in [-0.2, 0) is 16.2 Å². The van der Waals surface area contributed by atoms with E-state index >= 15 is 0 Å². The molecule has 0 fully saturated rings. The number of nitrogens with zero attached hydrogens (tertiary/aromatic N) is 1. The smallest absolute Gasteiger partial charge is 0.257 e. The van der Waals surface area contributed by atoms with E-state index in [0.29, 0.717) is 19.7 Å². The normalized spacial score (nSPS) is 11.7. The third-order valence-electron chi connectivity index (χ3n) is 2.69. The molecule has 1 amide bonds. The maximum Gasteiger partial charge on any atom is 0.257 e. The van der Waals surface area contributed by atoms with Crippen LogP contribution >= 0.6 is 0 Å². The van der Waals surface area contributed by atoms with E-state index in [9.17, 15) is 9.90 Å². The van der Waals surface area contributed by atoms with Gasteiger partial charge >= 0.3 is 0 Å². The lowest BCUT2D eigenvalue weighted by molar-refractivity contribution is -0.136. The number of nitrogens with one attached hydrogen (secondary N) is 1. The zero-order chi connectivity index (χ0) is 15.0. The molecule has 0 heterocycles. The highest BCUT2D eigenvalue weighted by Gasteiger charge is 2.19. The highest BCUT2D eigenvalue weighted by atomic mass is 16.6. The van der Waals surface area contributed by atoms with Crippen molar-refractivity contribution in [3.63, 3.8) is 0 Å². The van der Waals surface area contributed by atoms with Crippen LogP contribution in [0.2, 0.25) is 0 Å². The molecule has 0 aromatic heterocycles. The average molecular weight is 280 g/mol.